The molecule has 0 atom stereocenters. The fourth-order valence-corrected chi connectivity index (χ4v) is 1.70. The van der Waals surface area contributed by atoms with Gasteiger partial charge >= 0.3 is 0 Å². The van der Waals surface area contributed by atoms with Crippen LogP contribution in [-0.4, -0.2) is 9.97 Å². The maximum absolute atomic E-state index is 13.2. The molecule has 0 N–H and O–H groups in total. The summed E-state index contributed by atoms with van der Waals surface area (Å²) in [6.07, 6.45) is 0.561. The van der Waals surface area contributed by atoms with E-state index in [2.05, 4.69) is 9.97 Å². The van der Waals surface area contributed by atoms with E-state index in [9.17, 15) is 4.39 Å². The number of hydrogen-bond donors (Lipinski definition) is 0. The molecule has 1 rings (SSSR count). The largest absolute Gasteiger partial charge is 0.250 e. The summed E-state index contributed by atoms with van der Waals surface area (Å²) in [5.41, 5.74) is 0.541. The van der Waals surface area contributed by atoms with Gasteiger partial charge in [0.2, 0.25) is 9.74 Å². The van der Waals surface area contributed by atoms with E-state index in [1.165, 1.54) is 0 Å². The first-order valence-corrected chi connectivity index (χ1v) is 5.86. The lowest BCUT2D eigenvalue weighted by molar-refractivity contribution is 0.557. The minimum absolute atomic E-state index is 0.128. The summed E-state index contributed by atoms with van der Waals surface area (Å²) in [5.74, 6) is -0.781. The molecule has 0 spiro atoms. The average Bonchev–Trinajstić information content (AvgIpc) is 2.07. The van der Waals surface area contributed by atoms with Crippen molar-refractivity contribution < 1.29 is 4.39 Å². The smallest absolute Gasteiger partial charge is 0.232 e. The Kier molecular flexibility index (Phi) is 4.20. The minimum atomic E-state index is -1.78. The van der Waals surface area contributed by atoms with Crippen LogP contribution < -0.4 is 0 Å². The number of aryl methyl sites for hydroxylation is 1. The second-order valence-corrected chi connectivity index (χ2v) is 5.81. The molecule has 0 unspecified atom stereocenters. The number of nitrogens with zero attached hydrogens (tertiary/aromatic N) is 2. The number of halogens is 5. The highest BCUT2D eigenvalue weighted by Crippen LogP contribution is 2.36. The Balaban J connectivity index is 3.30. The highest BCUT2D eigenvalue weighted by molar-refractivity contribution is 14.1. The van der Waals surface area contributed by atoms with E-state index < -0.39 is 9.74 Å². The van der Waals surface area contributed by atoms with Gasteiger partial charge in [-0.15, -0.1) is 0 Å². The molecule has 0 radical (unpaired) electrons. The molecule has 0 aliphatic carbocycles. The topological polar surface area (TPSA) is 25.8 Å². The first-order chi connectivity index (χ1) is 6.36. The van der Waals surface area contributed by atoms with Crippen LogP contribution in [0.4, 0.5) is 4.39 Å². The minimum Gasteiger partial charge on any atom is -0.232 e. The molecule has 1 heterocycles. The van der Waals surface area contributed by atoms with Crippen LogP contribution in [0.2, 0.25) is 0 Å². The van der Waals surface area contributed by atoms with Crippen molar-refractivity contribution in [1.29, 1.82) is 0 Å². The lowest BCUT2D eigenvalue weighted by atomic mass is 10.3. The molecule has 0 aromatic carbocycles. The van der Waals surface area contributed by atoms with Gasteiger partial charge < -0.3 is 0 Å². The zero-order valence-electron chi connectivity index (χ0n) is 6.99. The van der Waals surface area contributed by atoms with Crippen molar-refractivity contribution in [3.8, 4) is 0 Å². The normalized spacial score (nSPS) is 11.9. The van der Waals surface area contributed by atoms with E-state index in [0.29, 0.717) is 15.7 Å². The molecule has 0 fully saturated rings. The summed E-state index contributed by atoms with van der Waals surface area (Å²) in [5, 5.41) is 0. The molecular formula is C7H5Cl3FIN2. The van der Waals surface area contributed by atoms with Gasteiger partial charge in [-0.2, -0.15) is 9.37 Å². The quantitative estimate of drug-likeness (QED) is 0.429. The Morgan fingerprint density at radius 3 is 2.36 bits per heavy atom. The summed E-state index contributed by atoms with van der Waals surface area (Å²) < 4.78 is 11.8. The molecule has 2 nitrogen and oxygen atoms in total. The fraction of sp³-hybridized carbons (Fsp3) is 0.429. The summed E-state index contributed by atoms with van der Waals surface area (Å²) in [4.78, 5) is 7.44. The standard InChI is InChI=1S/C7H5Cl3FIN2/c1-2-3-4(12)5(11)14-6(13-3)7(8,9)10/h2H2,1H3. The van der Waals surface area contributed by atoms with Crippen LogP contribution in [0.1, 0.15) is 18.4 Å². The molecule has 1 aromatic rings. The van der Waals surface area contributed by atoms with Gasteiger partial charge in [-0.1, -0.05) is 41.7 Å². The van der Waals surface area contributed by atoms with Crippen LogP contribution in [0, 0.1) is 9.52 Å². The van der Waals surface area contributed by atoms with E-state index in [0.717, 1.165) is 0 Å². The Morgan fingerprint density at radius 2 is 1.93 bits per heavy atom. The average molecular weight is 369 g/mol. The number of rotatable bonds is 1. The van der Waals surface area contributed by atoms with E-state index in [-0.39, 0.29) is 5.82 Å². The van der Waals surface area contributed by atoms with Crippen molar-refractivity contribution in [3.63, 3.8) is 0 Å². The molecular weight excluding hydrogens is 364 g/mol. The highest BCUT2D eigenvalue weighted by atomic mass is 127. The van der Waals surface area contributed by atoms with E-state index in [1.807, 2.05) is 29.5 Å². The molecule has 0 saturated carbocycles. The van der Waals surface area contributed by atoms with Crippen LogP contribution in [0.15, 0.2) is 0 Å². The van der Waals surface area contributed by atoms with Gasteiger partial charge in [0.05, 0.1) is 9.26 Å². The number of hydrogen-bond acceptors (Lipinski definition) is 2. The third-order valence-corrected chi connectivity index (χ3v) is 3.04. The third-order valence-electron chi connectivity index (χ3n) is 1.47. The van der Waals surface area contributed by atoms with Gasteiger partial charge in [0.25, 0.3) is 0 Å². The van der Waals surface area contributed by atoms with Crippen molar-refractivity contribution in [1.82, 2.24) is 9.97 Å². The maximum atomic E-state index is 13.2. The first kappa shape index (κ1) is 12.7. The van der Waals surface area contributed by atoms with Crippen molar-refractivity contribution in [2.75, 3.05) is 0 Å². The molecule has 1 aromatic heterocycles. The van der Waals surface area contributed by atoms with Gasteiger partial charge in [0.15, 0.2) is 5.82 Å². The fourth-order valence-electron chi connectivity index (χ4n) is 0.824. The van der Waals surface area contributed by atoms with Gasteiger partial charge in [0.1, 0.15) is 0 Å². The number of alkyl halides is 3. The van der Waals surface area contributed by atoms with E-state index in [1.54, 1.807) is 0 Å². The lowest BCUT2D eigenvalue weighted by Crippen LogP contribution is -2.12. The summed E-state index contributed by atoms with van der Waals surface area (Å²) >= 11 is 18.5. The van der Waals surface area contributed by atoms with Crippen molar-refractivity contribution in [2.24, 2.45) is 0 Å². The Labute approximate surface area is 109 Å². The molecule has 0 saturated heterocycles. The van der Waals surface area contributed by atoms with Gasteiger partial charge in [-0.25, -0.2) is 4.98 Å². The predicted molar refractivity (Wildman–Crippen MR) is 63.3 cm³/mol. The maximum Gasteiger partial charge on any atom is 0.250 e. The zero-order valence-corrected chi connectivity index (χ0v) is 11.4. The lowest BCUT2D eigenvalue weighted by Gasteiger charge is -2.11. The Morgan fingerprint density at radius 1 is 1.36 bits per heavy atom. The molecule has 0 bridgehead atoms. The van der Waals surface area contributed by atoms with Crippen LogP contribution in [0.25, 0.3) is 0 Å². The predicted octanol–water partition coefficient (Wildman–Crippen LogP) is 3.61. The monoisotopic (exact) mass is 368 g/mol. The van der Waals surface area contributed by atoms with Gasteiger partial charge in [-0.05, 0) is 29.0 Å². The molecule has 7 heteroatoms. The van der Waals surface area contributed by atoms with Crippen LogP contribution in [0.5, 0.6) is 0 Å². The highest BCUT2D eigenvalue weighted by Gasteiger charge is 2.28. The SMILES string of the molecule is CCc1nc(C(Cl)(Cl)Cl)nc(F)c1I. The van der Waals surface area contributed by atoms with Crippen molar-refractivity contribution in [2.45, 2.75) is 17.1 Å². The second kappa shape index (κ2) is 4.63. The summed E-state index contributed by atoms with van der Waals surface area (Å²) in [6, 6.07) is 0. The van der Waals surface area contributed by atoms with Gasteiger partial charge in [-0.3, -0.25) is 0 Å². The van der Waals surface area contributed by atoms with E-state index in [4.69, 9.17) is 34.8 Å². The van der Waals surface area contributed by atoms with E-state index >= 15 is 0 Å². The van der Waals surface area contributed by atoms with Gasteiger partial charge in [0, 0.05) is 0 Å². The Bertz CT molecular complexity index is 354. The van der Waals surface area contributed by atoms with Crippen LogP contribution in [-0.2, 0) is 10.2 Å². The summed E-state index contributed by atoms with van der Waals surface area (Å²) in [6.45, 7) is 1.84. The molecule has 0 aliphatic rings. The Hall–Kier alpha value is 0.610. The second-order valence-electron chi connectivity index (χ2n) is 2.45. The number of aromatic nitrogens is 2. The molecule has 14 heavy (non-hydrogen) atoms. The van der Waals surface area contributed by atoms with Crippen molar-refractivity contribution >= 4 is 57.4 Å². The third kappa shape index (κ3) is 2.81. The van der Waals surface area contributed by atoms with Crippen molar-refractivity contribution in [3.05, 3.63) is 21.0 Å². The van der Waals surface area contributed by atoms with Crippen LogP contribution >= 0.6 is 57.4 Å². The first-order valence-electron chi connectivity index (χ1n) is 3.65. The van der Waals surface area contributed by atoms with Crippen LogP contribution in [0.3, 0.4) is 0 Å². The summed E-state index contributed by atoms with van der Waals surface area (Å²) in [7, 11) is 0. The molecule has 78 valence electrons. The zero-order chi connectivity index (χ0) is 10.9. The molecule has 0 amide bonds. The molecule has 0 aliphatic heterocycles.